The number of nitrogens with zero attached hydrogens (tertiary/aromatic N) is 1. The highest BCUT2D eigenvalue weighted by atomic mass is 14.7. The van der Waals surface area contributed by atoms with Crippen molar-refractivity contribution in [2.45, 2.75) is 33.6 Å². The Kier molecular flexibility index (Phi) is 16.3. The van der Waals surface area contributed by atoms with Gasteiger partial charge in [-0.1, -0.05) is 62.6 Å². The van der Waals surface area contributed by atoms with E-state index in [9.17, 15) is 0 Å². The second-order valence-electron chi connectivity index (χ2n) is 3.06. The van der Waals surface area contributed by atoms with Crippen molar-refractivity contribution in [3.8, 4) is 0 Å². The molecule has 0 unspecified atom stereocenters. The highest BCUT2D eigenvalue weighted by Gasteiger charge is 1.72. The highest BCUT2D eigenvalue weighted by molar-refractivity contribution is 5.50. The summed E-state index contributed by atoms with van der Waals surface area (Å²) >= 11 is 0. The molecule has 2 nitrogen and oxygen atoms in total. The van der Waals surface area contributed by atoms with Crippen molar-refractivity contribution >= 4 is 6.34 Å². The third kappa shape index (κ3) is 19.2. The first-order valence-electron chi connectivity index (χ1n) is 5.36. The molecule has 0 atom stereocenters. The first kappa shape index (κ1) is 16.1. The van der Waals surface area contributed by atoms with E-state index in [1.54, 1.807) is 7.05 Å². The number of nitrogens with two attached hydrogens (primary N) is 1. The minimum absolute atomic E-state index is 1.25. The van der Waals surface area contributed by atoms with Crippen LogP contribution in [-0.4, -0.2) is 13.4 Å². The molecule has 2 N–H and O–H groups in total. The Morgan fingerprint density at radius 1 is 1.13 bits per heavy atom. The number of aliphatic imine (C=N–C) groups is 1. The number of aryl methyl sites for hydroxylation is 1. The largest absolute Gasteiger partial charge is 0.390 e. The van der Waals surface area contributed by atoms with Crippen LogP contribution in [0.2, 0.25) is 0 Å². The summed E-state index contributed by atoms with van der Waals surface area (Å²) in [4.78, 5) is 3.39. The molecule has 0 radical (unpaired) electrons. The molecule has 0 amide bonds. The van der Waals surface area contributed by atoms with E-state index < -0.39 is 0 Å². The quantitative estimate of drug-likeness (QED) is 0.557. The standard InChI is InChI=1S/C7H8.C4H10.C2H6N2/c1-7-5-3-2-4-6-7;1-3-4-2;1-4-2-3/h2-6H,1H3;3-4H2,1-2H3;2H,1H3,(H2,3,4). The lowest BCUT2D eigenvalue weighted by molar-refractivity contribution is 0.886. The van der Waals surface area contributed by atoms with Crippen LogP contribution in [0.4, 0.5) is 0 Å². The molecule has 0 saturated heterocycles. The molecule has 15 heavy (non-hydrogen) atoms. The third-order valence-electron chi connectivity index (χ3n) is 1.59. The van der Waals surface area contributed by atoms with Crippen molar-refractivity contribution in [3.63, 3.8) is 0 Å². The van der Waals surface area contributed by atoms with Crippen LogP contribution in [0.3, 0.4) is 0 Å². The Morgan fingerprint density at radius 2 is 1.53 bits per heavy atom. The van der Waals surface area contributed by atoms with Gasteiger partial charge >= 0.3 is 0 Å². The number of unbranched alkanes of at least 4 members (excludes halogenated alkanes) is 1. The maximum atomic E-state index is 4.74. The molecule has 0 aliphatic heterocycles. The van der Waals surface area contributed by atoms with Gasteiger partial charge in [-0.15, -0.1) is 0 Å². The Labute approximate surface area is 94.2 Å². The lowest BCUT2D eigenvalue weighted by atomic mass is 10.2. The van der Waals surface area contributed by atoms with Gasteiger partial charge in [0.25, 0.3) is 0 Å². The average molecular weight is 208 g/mol. The Balaban J connectivity index is 0. The van der Waals surface area contributed by atoms with Crippen molar-refractivity contribution in [1.29, 1.82) is 0 Å². The summed E-state index contributed by atoms with van der Waals surface area (Å²) in [5, 5.41) is 0. The molecule has 0 aromatic heterocycles. The van der Waals surface area contributed by atoms with E-state index in [-0.39, 0.29) is 0 Å². The smallest absolute Gasteiger partial charge is 0.0794 e. The summed E-state index contributed by atoms with van der Waals surface area (Å²) in [6, 6.07) is 10.3. The minimum Gasteiger partial charge on any atom is -0.390 e. The summed E-state index contributed by atoms with van der Waals surface area (Å²) in [6.45, 7) is 6.44. The SMILES string of the molecule is CCCC.CN=CN.Cc1ccccc1. The first-order chi connectivity index (χ1) is 7.22. The second kappa shape index (κ2) is 15.2. The zero-order chi connectivity index (χ0) is 11.9. The zero-order valence-electron chi connectivity index (χ0n) is 10.4. The van der Waals surface area contributed by atoms with Crippen LogP contribution >= 0.6 is 0 Å². The monoisotopic (exact) mass is 208 g/mol. The minimum atomic E-state index is 1.25. The number of hydrogen-bond donors (Lipinski definition) is 1. The molecule has 0 aliphatic rings. The van der Waals surface area contributed by atoms with Gasteiger partial charge in [0.05, 0.1) is 6.34 Å². The highest BCUT2D eigenvalue weighted by Crippen LogP contribution is 1.92. The summed E-state index contributed by atoms with van der Waals surface area (Å²) in [5.41, 5.74) is 6.06. The van der Waals surface area contributed by atoms with Crippen molar-refractivity contribution in [1.82, 2.24) is 0 Å². The number of rotatable bonds is 1. The molecule has 2 heteroatoms. The van der Waals surface area contributed by atoms with E-state index in [4.69, 9.17) is 5.73 Å². The molecule has 1 aromatic carbocycles. The Hall–Kier alpha value is -1.31. The van der Waals surface area contributed by atoms with Gasteiger partial charge < -0.3 is 5.73 Å². The normalized spacial score (nSPS) is 8.53. The second-order valence-corrected chi connectivity index (χ2v) is 3.06. The maximum Gasteiger partial charge on any atom is 0.0794 e. The fourth-order valence-corrected chi connectivity index (χ4v) is 0.534. The molecule has 1 rings (SSSR count). The van der Waals surface area contributed by atoms with Gasteiger partial charge in [0.1, 0.15) is 0 Å². The first-order valence-corrected chi connectivity index (χ1v) is 5.36. The van der Waals surface area contributed by atoms with Gasteiger partial charge in [-0.05, 0) is 6.92 Å². The lowest BCUT2D eigenvalue weighted by Gasteiger charge is -1.82. The van der Waals surface area contributed by atoms with Gasteiger partial charge in [0, 0.05) is 7.05 Å². The van der Waals surface area contributed by atoms with Gasteiger partial charge in [0.15, 0.2) is 0 Å². The average Bonchev–Trinajstić information content (AvgIpc) is 2.31. The molecular formula is C13H24N2. The van der Waals surface area contributed by atoms with Crippen molar-refractivity contribution < 1.29 is 0 Å². The number of hydrogen-bond acceptors (Lipinski definition) is 1. The van der Waals surface area contributed by atoms with Crippen LogP contribution in [-0.2, 0) is 0 Å². The van der Waals surface area contributed by atoms with E-state index >= 15 is 0 Å². The molecule has 86 valence electrons. The fourth-order valence-electron chi connectivity index (χ4n) is 0.534. The molecule has 0 aliphatic carbocycles. The van der Waals surface area contributed by atoms with Crippen LogP contribution < -0.4 is 5.73 Å². The van der Waals surface area contributed by atoms with Crippen molar-refractivity contribution in [3.05, 3.63) is 35.9 Å². The van der Waals surface area contributed by atoms with Crippen LogP contribution in [0.15, 0.2) is 35.3 Å². The van der Waals surface area contributed by atoms with Crippen LogP contribution in [0, 0.1) is 6.92 Å². The summed E-state index contributed by atoms with van der Waals surface area (Å²) < 4.78 is 0. The summed E-state index contributed by atoms with van der Waals surface area (Å²) in [6.07, 6.45) is 3.89. The molecule has 0 bridgehead atoms. The zero-order valence-corrected chi connectivity index (χ0v) is 10.4. The van der Waals surface area contributed by atoms with Crippen molar-refractivity contribution in [2.75, 3.05) is 7.05 Å². The van der Waals surface area contributed by atoms with Gasteiger partial charge in [-0.3, -0.25) is 4.99 Å². The van der Waals surface area contributed by atoms with Gasteiger partial charge in [0.2, 0.25) is 0 Å². The van der Waals surface area contributed by atoms with E-state index in [1.165, 1.54) is 24.7 Å². The van der Waals surface area contributed by atoms with E-state index in [1.807, 2.05) is 18.2 Å². The molecule has 0 heterocycles. The van der Waals surface area contributed by atoms with Crippen LogP contribution in [0.5, 0.6) is 0 Å². The predicted octanol–water partition coefficient (Wildman–Crippen LogP) is 3.40. The predicted molar refractivity (Wildman–Crippen MR) is 70.4 cm³/mol. The molecule has 1 aromatic rings. The maximum absolute atomic E-state index is 4.74. The number of benzene rings is 1. The Bertz CT molecular complexity index is 211. The molecule has 0 saturated carbocycles. The Morgan fingerprint density at radius 3 is 1.67 bits per heavy atom. The fraction of sp³-hybridized carbons (Fsp3) is 0.462. The van der Waals surface area contributed by atoms with E-state index in [0.29, 0.717) is 0 Å². The summed E-state index contributed by atoms with van der Waals surface area (Å²) in [7, 11) is 1.62. The van der Waals surface area contributed by atoms with E-state index in [0.717, 1.165) is 0 Å². The van der Waals surface area contributed by atoms with Crippen LogP contribution in [0.1, 0.15) is 32.3 Å². The molecule has 0 spiro atoms. The van der Waals surface area contributed by atoms with Crippen molar-refractivity contribution in [2.24, 2.45) is 10.7 Å². The summed E-state index contributed by atoms with van der Waals surface area (Å²) in [5.74, 6) is 0. The van der Waals surface area contributed by atoms with Crippen LogP contribution in [0.25, 0.3) is 0 Å². The molecule has 0 fully saturated rings. The topological polar surface area (TPSA) is 38.4 Å². The lowest BCUT2D eigenvalue weighted by Crippen LogP contribution is -1.84. The third-order valence-corrected chi connectivity index (χ3v) is 1.59. The molecular weight excluding hydrogens is 184 g/mol. The van der Waals surface area contributed by atoms with Gasteiger partial charge in [-0.25, -0.2) is 0 Å². The van der Waals surface area contributed by atoms with E-state index in [2.05, 4.69) is 37.9 Å². The van der Waals surface area contributed by atoms with Gasteiger partial charge in [-0.2, -0.15) is 0 Å².